The Bertz CT molecular complexity index is 423. The van der Waals surface area contributed by atoms with Gasteiger partial charge in [-0.25, -0.2) is 0 Å². The largest absolute Gasteiger partial charge is 0.508 e. The summed E-state index contributed by atoms with van der Waals surface area (Å²) >= 11 is 0. The topological polar surface area (TPSA) is 49.8 Å². The number of carbonyl (C=O) groups is 1. The summed E-state index contributed by atoms with van der Waals surface area (Å²) in [5.74, 6) is 0.221. The van der Waals surface area contributed by atoms with Crippen molar-refractivity contribution in [3.05, 3.63) is 29.8 Å². The Morgan fingerprint density at radius 3 is 2.56 bits per heavy atom. The molecular formula is C14H19NO3. The molecule has 1 aromatic rings. The van der Waals surface area contributed by atoms with Crippen molar-refractivity contribution in [3.8, 4) is 5.75 Å². The lowest BCUT2D eigenvalue weighted by Crippen LogP contribution is -2.48. The van der Waals surface area contributed by atoms with Gasteiger partial charge in [0.15, 0.2) is 0 Å². The molecule has 98 valence electrons. The minimum absolute atomic E-state index is 0.0403. The second-order valence-corrected chi connectivity index (χ2v) is 4.86. The van der Waals surface area contributed by atoms with Gasteiger partial charge in [-0.1, -0.05) is 18.2 Å². The van der Waals surface area contributed by atoms with E-state index in [4.69, 9.17) is 4.74 Å². The normalized spacial score (nSPS) is 24.0. The van der Waals surface area contributed by atoms with Crippen LogP contribution in [0.5, 0.6) is 5.75 Å². The quantitative estimate of drug-likeness (QED) is 0.865. The summed E-state index contributed by atoms with van der Waals surface area (Å²) in [4.78, 5) is 14.0. The summed E-state index contributed by atoms with van der Waals surface area (Å²) in [6.07, 6.45) is 0.385. The first-order valence-corrected chi connectivity index (χ1v) is 6.26. The summed E-state index contributed by atoms with van der Waals surface area (Å²) in [7, 11) is 0. The van der Waals surface area contributed by atoms with Crippen LogP contribution >= 0.6 is 0 Å². The molecule has 2 unspecified atom stereocenters. The minimum Gasteiger partial charge on any atom is -0.508 e. The fourth-order valence-corrected chi connectivity index (χ4v) is 2.32. The molecule has 0 spiro atoms. The Morgan fingerprint density at radius 2 is 1.94 bits per heavy atom. The zero-order valence-corrected chi connectivity index (χ0v) is 10.8. The van der Waals surface area contributed by atoms with Crippen molar-refractivity contribution in [2.45, 2.75) is 32.5 Å². The number of nitrogens with zero attached hydrogens (tertiary/aromatic N) is 1. The van der Waals surface area contributed by atoms with Crippen LogP contribution in [0.25, 0.3) is 0 Å². The number of aromatic hydroxyl groups is 1. The van der Waals surface area contributed by atoms with Gasteiger partial charge in [-0.3, -0.25) is 4.79 Å². The van der Waals surface area contributed by atoms with E-state index in [0.717, 1.165) is 0 Å². The van der Waals surface area contributed by atoms with Crippen LogP contribution < -0.4 is 0 Å². The molecule has 4 nitrogen and oxygen atoms in total. The third kappa shape index (κ3) is 3.01. The summed E-state index contributed by atoms with van der Waals surface area (Å²) in [6.45, 7) is 5.18. The first-order valence-electron chi connectivity index (χ1n) is 6.26. The summed E-state index contributed by atoms with van der Waals surface area (Å²) in [5.41, 5.74) is 0.675. The zero-order chi connectivity index (χ0) is 13.1. The van der Waals surface area contributed by atoms with Crippen molar-refractivity contribution < 1.29 is 14.6 Å². The average molecular weight is 249 g/mol. The summed E-state index contributed by atoms with van der Waals surface area (Å²) in [6, 6.07) is 6.96. The number of morpholine rings is 1. The highest BCUT2D eigenvalue weighted by Gasteiger charge is 2.26. The van der Waals surface area contributed by atoms with Crippen molar-refractivity contribution >= 4 is 5.91 Å². The molecule has 0 aliphatic carbocycles. The maximum Gasteiger partial charge on any atom is 0.227 e. The highest BCUT2D eigenvalue weighted by atomic mass is 16.5. The highest BCUT2D eigenvalue weighted by molar-refractivity contribution is 5.79. The molecule has 1 saturated heterocycles. The lowest BCUT2D eigenvalue weighted by Gasteiger charge is -2.35. The molecule has 2 rings (SSSR count). The standard InChI is InChI=1S/C14H19NO3/c1-10-8-15(9-11(2)18-10)14(17)7-12-5-3-4-6-13(12)16/h3-6,10-11,16H,7-9H2,1-2H3. The second kappa shape index (κ2) is 5.40. The van der Waals surface area contributed by atoms with E-state index in [2.05, 4.69) is 0 Å². The van der Waals surface area contributed by atoms with E-state index in [9.17, 15) is 9.90 Å². The lowest BCUT2D eigenvalue weighted by molar-refractivity contribution is -0.142. The van der Waals surface area contributed by atoms with E-state index >= 15 is 0 Å². The molecule has 4 heteroatoms. The summed E-state index contributed by atoms with van der Waals surface area (Å²) < 4.78 is 5.60. The molecular weight excluding hydrogens is 230 g/mol. The molecule has 18 heavy (non-hydrogen) atoms. The number of rotatable bonds is 2. The third-order valence-electron chi connectivity index (χ3n) is 3.11. The number of carbonyl (C=O) groups excluding carboxylic acids is 1. The molecule has 1 fully saturated rings. The van der Waals surface area contributed by atoms with Gasteiger partial charge in [0.1, 0.15) is 5.75 Å². The predicted molar refractivity (Wildman–Crippen MR) is 68.4 cm³/mol. The number of phenols is 1. The Balaban J connectivity index is 2.02. The molecule has 2 atom stereocenters. The van der Waals surface area contributed by atoms with Gasteiger partial charge in [0, 0.05) is 18.7 Å². The zero-order valence-electron chi connectivity index (χ0n) is 10.8. The van der Waals surface area contributed by atoms with Gasteiger partial charge in [-0.15, -0.1) is 0 Å². The SMILES string of the molecule is CC1CN(C(=O)Cc2ccccc2O)CC(C)O1. The Labute approximate surface area is 107 Å². The number of ether oxygens (including phenoxy) is 1. The van der Waals surface area contributed by atoms with Gasteiger partial charge in [0.2, 0.25) is 5.91 Å². The van der Waals surface area contributed by atoms with Gasteiger partial charge < -0.3 is 14.7 Å². The fraction of sp³-hybridized carbons (Fsp3) is 0.500. The van der Waals surface area contributed by atoms with Crippen LogP contribution in [-0.4, -0.2) is 41.2 Å². The molecule has 0 bridgehead atoms. The van der Waals surface area contributed by atoms with Crippen molar-refractivity contribution in [1.29, 1.82) is 0 Å². The third-order valence-corrected chi connectivity index (χ3v) is 3.11. The first kappa shape index (κ1) is 12.9. The number of phenolic OH excluding ortho intramolecular Hbond substituents is 1. The highest BCUT2D eigenvalue weighted by Crippen LogP contribution is 2.18. The Hall–Kier alpha value is -1.55. The van der Waals surface area contributed by atoms with E-state index < -0.39 is 0 Å². The number of para-hydroxylation sites is 1. The van der Waals surface area contributed by atoms with Gasteiger partial charge in [-0.05, 0) is 19.9 Å². The molecule has 0 aromatic heterocycles. The van der Waals surface area contributed by atoms with Crippen molar-refractivity contribution in [2.24, 2.45) is 0 Å². The molecule has 0 saturated carbocycles. The number of hydrogen-bond acceptors (Lipinski definition) is 3. The van der Waals surface area contributed by atoms with Gasteiger partial charge >= 0.3 is 0 Å². The Kier molecular flexibility index (Phi) is 3.87. The van der Waals surface area contributed by atoms with Crippen LogP contribution in [0, 0.1) is 0 Å². The van der Waals surface area contributed by atoms with E-state index in [1.807, 2.05) is 24.8 Å². The second-order valence-electron chi connectivity index (χ2n) is 4.86. The fourth-order valence-electron chi connectivity index (χ4n) is 2.32. The monoisotopic (exact) mass is 249 g/mol. The maximum absolute atomic E-state index is 12.2. The van der Waals surface area contributed by atoms with Crippen LogP contribution in [0.2, 0.25) is 0 Å². The van der Waals surface area contributed by atoms with E-state index in [1.54, 1.807) is 18.2 Å². The van der Waals surface area contributed by atoms with Crippen molar-refractivity contribution in [2.75, 3.05) is 13.1 Å². The maximum atomic E-state index is 12.2. The van der Waals surface area contributed by atoms with Gasteiger partial charge in [0.25, 0.3) is 0 Å². The summed E-state index contributed by atoms with van der Waals surface area (Å²) in [5, 5.41) is 9.67. The van der Waals surface area contributed by atoms with E-state index in [-0.39, 0.29) is 30.3 Å². The molecule has 1 aromatic carbocycles. The molecule has 1 N–H and O–H groups in total. The van der Waals surface area contributed by atoms with Crippen LogP contribution in [0.3, 0.4) is 0 Å². The number of benzene rings is 1. The average Bonchev–Trinajstić information content (AvgIpc) is 2.31. The molecule has 1 aliphatic heterocycles. The first-order chi connectivity index (χ1) is 8.56. The Morgan fingerprint density at radius 1 is 1.33 bits per heavy atom. The van der Waals surface area contributed by atoms with Crippen molar-refractivity contribution in [3.63, 3.8) is 0 Å². The van der Waals surface area contributed by atoms with E-state index in [0.29, 0.717) is 18.7 Å². The van der Waals surface area contributed by atoms with Crippen LogP contribution in [-0.2, 0) is 16.0 Å². The van der Waals surface area contributed by atoms with E-state index in [1.165, 1.54) is 0 Å². The molecule has 1 heterocycles. The van der Waals surface area contributed by atoms with Crippen LogP contribution in [0.4, 0.5) is 0 Å². The minimum atomic E-state index is 0.0403. The van der Waals surface area contributed by atoms with Gasteiger partial charge in [0.05, 0.1) is 18.6 Å². The van der Waals surface area contributed by atoms with Crippen LogP contribution in [0.15, 0.2) is 24.3 Å². The predicted octanol–water partition coefficient (Wildman–Crippen LogP) is 1.57. The lowest BCUT2D eigenvalue weighted by atomic mass is 10.1. The molecule has 1 amide bonds. The number of amides is 1. The smallest absolute Gasteiger partial charge is 0.227 e. The molecule has 1 aliphatic rings. The van der Waals surface area contributed by atoms with Crippen LogP contribution in [0.1, 0.15) is 19.4 Å². The number of hydrogen-bond donors (Lipinski definition) is 1. The van der Waals surface area contributed by atoms with Crippen molar-refractivity contribution in [1.82, 2.24) is 4.90 Å². The van der Waals surface area contributed by atoms with Gasteiger partial charge in [-0.2, -0.15) is 0 Å². The molecule has 0 radical (unpaired) electrons.